The van der Waals surface area contributed by atoms with E-state index < -0.39 is 0 Å². The Kier molecular flexibility index (Phi) is 3.22. The monoisotopic (exact) mass is 282 g/mol. The molecule has 19 heavy (non-hydrogen) atoms. The number of rotatable bonds is 2. The Labute approximate surface area is 118 Å². The highest BCUT2D eigenvalue weighted by atomic mass is 35.5. The molecule has 0 aromatic heterocycles. The van der Waals surface area contributed by atoms with Gasteiger partial charge in [0.15, 0.2) is 0 Å². The molecule has 4 heteroatoms. The number of hydrogen-bond donors (Lipinski definition) is 1. The number of benzene rings is 1. The predicted octanol–water partition coefficient (Wildman–Crippen LogP) is 3.45. The minimum absolute atomic E-state index is 0.127. The van der Waals surface area contributed by atoms with Crippen LogP contribution in [0, 0.1) is 11.7 Å². The molecule has 0 radical (unpaired) electrons. The molecule has 2 atom stereocenters. The van der Waals surface area contributed by atoms with Crippen LogP contribution in [0.1, 0.15) is 26.7 Å². The molecule has 1 aliphatic carbocycles. The van der Waals surface area contributed by atoms with Crippen LogP contribution in [0.15, 0.2) is 18.2 Å². The van der Waals surface area contributed by atoms with Gasteiger partial charge < -0.3 is 10.2 Å². The summed E-state index contributed by atoms with van der Waals surface area (Å²) in [6.07, 6.45) is 2.59. The number of piperazine rings is 1. The van der Waals surface area contributed by atoms with E-state index in [0.717, 1.165) is 24.7 Å². The maximum atomic E-state index is 13.5. The van der Waals surface area contributed by atoms with E-state index in [1.54, 1.807) is 12.1 Å². The summed E-state index contributed by atoms with van der Waals surface area (Å²) in [6.45, 7) is 6.24. The molecule has 0 spiro atoms. The van der Waals surface area contributed by atoms with E-state index >= 15 is 0 Å². The van der Waals surface area contributed by atoms with Gasteiger partial charge in [0, 0.05) is 24.7 Å². The van der Waals surface area contributed by atoms with Crippen molar-refractivity contribution in [3.63, 3.8) is 0 Å². The molecule has 2 fully saturated rings. The van der Waals surface area contributed by atoms with Gasteiger partial charge in [-0.15, -0.1) is 0 Å². The topological polar surface area (TPSA) is 15.3 Å². The second-order valence-corrected chi connectivity index (χ2v) is 6.55. The fourth-order valence-electron chi connectivity index (χ4n) is 3.08. The smallest absolute Gasteiger partial charge is 0.125 e. The van der Waals surface area contributed by atoms with Crippen LogP contribution in [-0.2, 0) is 0 Å². The van der Waals surface area contributed by atoms with Crippen molar-refractivity contribution in [3.05, 3.63) is 29.0 Å². The van der Waals surface area contributed by atoms with Crippen molar-refractivity contribution >= 4 is 17.3 Å². The predicted molar refractivity (Wildman–Crippen MR) is 77.3 cm³/mol. The lowest BCUT2D eigenvalue weighted by atomic mass is 9.91. The molecule has 1 aliphatic heterocycles. The Bertz CT molecular complexity index is 489. The van der Waals surface area contributed by atoms with Gasteiger partial charge in [-0.25, -0.2) is 4.39 Å². The highest BCUT2D eigenvalue weighted by Crippen LogP contribution is 2.42. The molecule has 1 saturated heterocycles. The van der Waals surface area contributed by atoms with E-state index in [-0.39, 0.29) is 11.4 Å². The van der Waals surface area contributed by atoms with E-state index in [1.165, 1.54) is 18.9 Å². The van der Waals surface area contributed by atoms with Gasteiger partial charge in [0.05, 0.1) is 10.7 Å². The first-order valence-electron chi connectivity index (χ1n) is 6.96. The second kappa shape index (κ2) is 4.64. The van der Waals surface area contributed by atoms with Crippen LogP contribution in [0.25, 0.3) is 0 Å². The Morgan fingerprint density at radius 3 is 2.84 bits per heavy atom. The molecule has 0 bridgehead atoms. The third-order valence-corrected chi connectivity index (χ3v) is 4.85. The summed E-state index contributed by atoms with van der Waals surface area (Å²) in [5.74, 6) is 0.521. The lowest BCUT2D eigenvalue weighted by Gasteiger charge is -2.47. The van der Waals surface area contributed by atoms with Gasteiger partial charge in [0.25, 0.3) is 0 Å². The van der Waals surface area contributed by atoms with Crippen LogP contribution in [0.4, 0.5) is 10.1 Å². The average Bonchev–Trinajstić information content (AvgIpc) is 3.20. The largest absolute Gasteiger partial charge is 0.364 e. The summed E-state index contributed by atoms with van der Waals surface area (Å²) in [6, 6.07) is 4.94. The number of nitrogens with zero attached hydrogens (tertiary/aromatic N) is 1. The Morgan fingerprint density at radius 1 is 1.42 bits per heavy atom. The number of anilines is 1. The van der Waals surface area contributed by atoms with Gasteiger partial charge in [0.2, 0.25) is 0 Å². The molecule has 3 rings (SSSR count). The number of nitrogens with one attached hydrogen (secondary N) is 1. The third kappa shape index (κ3) is 2.46. The fourth-order valence-corrected chi connectivity index (χ4v) is 3.31. The standard InChI is InChI=1S/C15H20ClFN2/c1-10-8-18-15(2,11-3-4-11)9-19(10)14-7-12(17)5-6-13(14)16/h5-7,10-11,18H,3-4,8-9H2,1-2H3. The molecule has 1 saturated carbocycles. The molecular weight excluding hydrogens is 263 g/mol. The van der Waals surface area contributed by atoms with Crippen molar-refractivity contribution < 1.29 is 4.39 Å². The van der Waals surface area contributed by atoms with Crippen LogP contribution in [-0.4, -0.2) is 24.7 Å². The number of halogens is 2. The first-order valence-corrected chi connectivity index (χ1v) is 7.34. The summed E-state index contributed by atoms with van der Waals surface area (Å²) in [5.41, 5.74) is 0.949. The van der Waals surface area contributed by atoms with Gasteiger partial charge >= 0.3 is 0 Å². The molecule has 104 valence electrons. The quantitative estimate of drug-likeness (QED) is 0.894. The van der Waals surface area contributed by atoms with Gasteiger partial charge in [-0.2, -0.15) is 0 Å². The minimum Gasteiger partial charge on any atom is -0.364 e. The van der Waals surface area contributed by atoms with Crippen LogP contribution in [0.3, 0.4) is 0 Å². The molecule has 1 aromatic carbocycles. The zero-order chi connectivity index (χ0) is 13.6. The number of hydrogen-bond acceptors (Lipinski definition) is 2. The molecule has 1 N–H and O–H groups in total. The van der Waals surface area contributed by atoms with Crippen molar-refractivity contribution in [1.29, 1.82) is 0 Å². The molecule has 2 aliphatic rings. The van der Waals surface area contributed by atoms with Gasteiger partial charge in [-0.3, -0.25) is 0 Å². The Hall–Kier alpha value is -0.800. The molecule has 2 nitrogen and oxygen atoms in total. The van der Waals surface area contributed by atoms with E-state index in [1.807, 2.05) is 0 Å². The van der Waals surface area contributed by atoms with Crippen LogP contribution >= 0.6 is 11.6 Å². The van der Waals surface area contributed by atoms with E-state index in [0.29, 0.717) is 11.1 Å². The maximum Gasteiger partial charge on any atom is 0.125 e. The maximum absolute atomic E-state index is 13.5. The third-order valence-electron chi connectivity index (χ3n) is 4.53. The van der Waals surface area contributed by atoms with Gasteiger partial charge in [-0.05, 0) is 50.8 Å². The van der Waals surface area contributed by atoms with Crippen LogP contribution < -0.4 is 10.2 Å². The first-order chi connectivity index (χ1) is 8.99. The van der Waals surface area contributed by atoms with Gasteiger partial charge in [0.1, 0.15) is 5.82 Å². The highest BCUT2D eigenvalue weighted by Gasteiger charge is 2.45. The van der Waals surface area contributed by atoms with Crippen LogP contribution in [0.5, 0.6) is 0 Å². The lowest BCUT2D eigenvalue weighted by molar-refractivity contribution is 0.260. The summed E-state index contributed by atoms with van der Waals surface area (Å²) in [5, 5.41) is 4.30. The molecular formula is C15H20ClFN2. The average molecular weight is 283 g/mol. The Morgan fingerprint density at radius 2 is 2.16 bits per heavy atom. The zero-order valence-electron chi connectivity index (χ0n) is 11.4. The molecule has 1 aromatic rings. The SMILES string of the molecule is CC1CNC(C)(C2CC2)CN1c1cc(F)ccc1Cl. The van der Waals surface area contributed by atoms with Crippen molar-refractivity contribution in [2.75, 3.05) is 18.0 Å². The lowest BCUT2D eigenvalue weighted by Crippen LogP contribution is -2.63. The summed E-state index contributed by atoms with van der Waals surface area (Å²) >= 11 is 6.25. The minimum atomic E-state index is -0.224. The van der Waals surface area contributed by atoms with E-state index in [9.17, 15) is 4.39 Å². The molecule has 0 amide bonds. The first kappa shape index (κ1) is 13.2. The van der Waals surface area contributed by atoms with Crippen molar-refractivity contribution in [1.82, 2.24) is 5.32 Å². The molecule has 2 unspecified atom stereocenters. The highest BCUT2D eigenvalue weighted by molar-refractivity contribution is 6.33. The van der Waals surface area contributed by atoms with Crippen molar-refractivity contribution in [2.45, 2.75) is 38.3 Å². The fraction of sp³-hybridized carbons (Fsp3) is 0.600. The normalized spacial score (nSPS) is 31.6. The van der Waals surface area contributed by atoms with Crippen molar-refractivity contribution in [2.24, 2.45) is 5.92 Å². The zero-order valence-corrected chi connectivity index (χ0v) is 12.2. The van der Waals surface area contributed by atoms with E-state index in [2.05, 4.69) is 24.1 Å². The molecule has 1 heterocycles. The van der Waals surface area contributed by atoms with E-state index in [4.69, 9.17) is 11.6 Å². The van der Waals surface area contributed by atoms with Crippen molar-refractivity contribution in [3.8, 4) is 0 Å². The Balaban J connectivity index is 1.90. The summed E-state index contributed by atoms with van der Waals surface area (Å²) in [7, 11) is 0. The van der Waals surface area contributed by atoms with Gasteiger partial charge in [-0.1, -0.05) is 11.6 Å². The summed E-state index contributed by atoms with van der Waals surface area (Å²) < 4.78 is 13.5. The second-order valence-electron chi connectivity index (χ2n) is 6.15. The van der Waals surface area contributed by atoms with Crippen LogP contribution in [0.2, 0.25) is 5.02 Å². The summed E-state index contributed by atoms with van der Waals surface area (Å²) in [4.78, 5) is 2.25.